The molecule has 5 rings (SSSR count). The molecule has 14 heteroatoms. The lowest BCUT2D eigenvalue weighted by Gasteiger charge is -2.33. The molecule has 0 amide bonds. The maximum atomic E-state index is 14.5. The minimum atomic E-state index is -5.00. The number of hydrogen-bond acceptors (Lipinski definition) is 8. The van der Waals surface area contributed by atoms with E-state index in [1.54, 1.807) is 43.3 Å². The third kappa shape index (κ3) is 6.93. The van der Waals surface area contributed by atoms with Crippen molar-refractivity contribution in [2.75, 3.05) is 6.54 Å². The molecule has 0 saturated heterocycles. The van der Waals surface area contributed by atoms with Crippen LogP contribution in [0.2, 0.25) is 0 Å². The molecule has 0 aliphatic carbocycles. The largest absolute Gasteiger partial charge is 0.256 e. The fourth-order valence-corrected chi connectivity index (χ4v) is 12.5. The summed E-state index contributed by atoms with van der Waals surface area (Å²) in [5, 5.41) is 0. The number of rotatable bonds is 12. The van der Waals surface area contributed by atoms with Gasteiger partial charge in [0.25, 0.3) is 40.1 Å². The zero-order valence-corrected chi connectivity index (χ0v) is 28.2. The summed E-state index contributed by atoms with van der Waals surface area (Å²) in [6, 6.07) is 31.2. The molecule has 0 aliphatic rings. The standard InChI is InChI=1S/C33H30N2O8S4/c1-27-22-24-28(25-23-27)33(35(46(40,41)31-18-10-4-11-19-31)47(42,43)32-20-12-5-13-21-32)26-34(44(36,37)29-14-6-2-7-15-29)45(38,39)30-16-8-3-9-17-30/h2-25,33H,26H2,1H3. The summed E-state index contributed by atoms with van der Waals surface area (Å²) in [6.45, 7) is 0.625. The molecule has 5 aromatic carbocycles. The Morgan fingerprint density at radius 3 is 1.04 bits per heavy atom. The van der Waals surface area contributed by atoms with Crippen LogP contribution in [0.1, 0.15) is 17.2 Å². The van der Waals surface area contributed by atoms with Crippen LogP contribution in [0.4, 0.5) is 0 Å². The summed E-state index contributed by atoms with van der Waals surface area (Å²) in [5.41, 5.74) is 0.771. The van der Waals surface area contributed by atoms with Gasteiger partial charge in [0, 0.05) is 0 Å². The molecule has 0 spiro atoms. The van der Waals surface area contributed by atoms with Crippen LogP contribution >= 0.6 is 0 Å². The van der Waals surface area contributed by atoms with Gasteiger partial charge in [-0.2, -0.15) is 0 Å². The van der Waals surface area contributed by atoms with Gasteiger partial charge in [0.05, 0.1) is 32.2 Å². The molecule has 0 aromatic heterocycles. The lowest BCUT2D eigenvalue weighted by Crippen LogP contribution is -2.47. The summed E-state index contributed by atoms with van der Waals surface area (Å²) in [5.74, 6) is 0. The van der Waals surface area contributed by atoms with Gasteiger partial charge in [-0.1, -0.05) is 110 Å². The first kappa shape index (κ1) is 34.2. The number of benzene rings is 5. The average molecular weight is 711 g/mol. The predicted molar refractivity (Wildman–Crippen MR) is 177 cm³/mol. The molecule has 0 bridgehead atoms. The van der Waals surface area contributed by atoms with Crippen LogP contribution in [0.15, 0.2) is 165 Å². The fourth-order valence-electron chi connectivity index (χ4n) is 4.83. The van der Waals surface area contributed by atoms with Gasteiger partial charge < -0.3 is 0 Å². The third-order valence-electron chi connectivity index (χ3n) is 7.21. The van der Waals surface area contributed by atoms with Crippen LogP contribution in [0.25, 0.3) is 0 Å². The van der Waals surface area contributed by atoms with Crippen molar-refractivity contribution in [3.05, 3.63) is 157 Å². The smallest absolute Gasteiger partial charge is 0.206 e. The fraction of sp³-hybridized carbons (Fsp3) is 0.0909. The molecular weight excluding hydrogens is 681 g/mol. The zero-order valence-electron chi connectivity index (χ0n) is 24.9. The van der Waals surface area contributed by atoms with Crippen LogP contribution in [0, 0.1) is 6.92 Å². The van der Waals surface area contributed by atoms with Crippen molar-refractivity contribution in [2.24, 2.45) is 0 Å². The van der Waals surface area contributed by atoms with E-state index in [-0.39, 0.29) is 13.0 Å². The zero-order chi connectivity index (χ0) is 33.9. The van der Waals surface area contributed by atoms with E-state index in [4.69, 9.17) is 0 Å². The van der Waals surface area contributed by atoms with Gasteiger partial charge in [0.15, 0.2) is 0 Å². The minimum Gasteiger partial charge on any atom is -0.206 e. The molecule has 0 radical (unpaired) electrons. The molecule has 0 heterocycles. The topological polar surface area (TPSA) is 143 Å². The van der Waals surface area contributed by atoms with Crippen LogP contribution in [0.3, 0.4) is 0 Å². The first-order valence-electron chi connectivity index (χ1n) is 14.1. The number of nitrogens with zero attached hydrogens (tertiary/aromatic N) is 2. The Labute approximate surface area is 275 Å². The van der Waals surface area contributed by atoms with E-state index in [1.807, 2.05) is 0 Å². The highest BCUT2D eigenvalue weighted by Gasteiger charge is 2.47. The molecule has 1 unspecified atom stereocenters. The first-order valence-corrected chi connectivity index (χ1v) is 19.9. The van der Waals surface area contributed by atoms with Crippen molar-refractivity contribution in [3.8, 4) is 0 Å². The summed E-state index contributed by atoms with van der Waals surface area (Å²) < 4.78 is 115. The second-order valence-corrected chi connectivity index (χ2v) is 18.2. The van der Waals surface area contributed by atoms with Crippen molar-refractivity contribution in [3.63, 3.8) is 0 Å². The normalized spacial score (nSPS) is 13.4. The first-order chi connectivity index (χ1) is 22.3. The molecular formula is C33H30N2O8S4. The minimum absolute atomic E-state index is 0.0335. The molecule has 0 aliphatic heterocycles. The second-order valence-electron chi connectivity index (χ2n) is 10.4. The van der Waals surface area contributed by atoms with Crippen LogP contribution in [-0.2, 0) is 40.1 Å². The maximum Gasteiger partial charge on any atom is 0.256 e. The van der Waals surface area contributed by atoms with Gasteiger partial charge in [0.1, 0.15) is 0 Å². The second kappa shape index (κ2) is 13.5. The molecule has 5 aromatic rings. The van der Waals surface area contributed by atoms with Gasteiger partial charge in [-0.25, -0.2) is 33.7 Å². The molecule has 47 heavy (non-hydrogen) atoms. The van der Waals surface area contributed by atoms with E-state index < -0.39 is 72.3 Å². The van der Waals surface area contributed by atoms with Crippen LogP contribution in [0.5, 0.6) is 0 Å². The van der Waals surface area contributed by atoms with Crippen molar-refractivity contribution >= 4 is 40.1 Å². The molecule has 0 saturated carbocycles. The Balaban J connectivity index is 1.84. The molecule has 10 nitrogen and oxygen atoms in total. The SMILES string of the molecule is Cc1ccc(C(CN(S(=O)(=O)c2ccccc2)S(=O)(=O)c2ccccc2)N(S(=O)(=O)c2ccccc2)S(=O)(=O)c2ccccc2)cc1. The van der Waals surface area contributed by atoms with Gasteiger partial charge in [-0.15, -0.1) is 0 Å². The summed E-state index contributed by atoms with van der Waals surface area (Å²) in [4.78, 5) is -1.60. The van der Waals surface area contributed by atoms with Crippen molar-refractivity contribution in [1.82, 2.24) is 7.42 Å². The Morgan fingerprint density at radius 1 is 0.426 bits per heavy atom. The highest BCUT2D eigenvalue weighted by molar-refractivity contribution is 8.04. The number of sulfonamides is 4. The Morgan fingerprint density at radius 2 is 0.723 bits per heavy atom. The van der Waals surface area contributed by atoms with Gasteiger partial charge in [0.2, 0.25) is 0 Å². The third-order valence-corrected chi connectivity index (χ3v) is 15.9. The van der Waals surface area contributed by atoms with E-state index in [0.29, 0.717) is 0 Å². The number of hydrogen-bond donors (Lipinski definition) is 0. The van der Waals surface area contributed by atoms with Gasteiger partial charge in [-0.3, -0.25) is 0 Å². The molecule has 0 N–H and O–H groups in total. The summed E-state index contributed by atoms with van der Waals surface area (Å²) in [6.07, 6.45) is 0. The monoisotopic (exact) mass is 710 g/mol. The van der Waals surface area contributed by atoms with Crippen LogP contribution in [-0.4, -0.2) is 47.6 Å². The van der Waals surface area contributed by atoms with E-state index in [9.17, 15) is 33.7 Å². The van der Waals surface area contributed by atoms with E-state index in [1.165, 1.54) is 109 Å². The van der Waals surface area contributed by atoms with Crippen molar-refractivity contribution in [1.29, 1.82) is 0 Å². The molecule has 244 valence electrons. The predicted octanol–water partition coefficient (Wildman–Crippen LogP) is 5.20. The van der Waals surface area contributed by atoms with E-state index in [2.05, 4.69) is 0 Å². The summed E-state index contributed by atoms with van der Waals surface area (Å²) in [7, 11) is -19.9. The lowest BCUT2D eigenvalue weighted by atomic mass is 10.1. The highest BCUT2D eigenvalue weighted by Crippen LogP contribution is 2.37. The van der Waals surface area contributed by atoms with Gasteiger partial charge >= 0.3 is 0 Å². The molecule has 0 fully saturated rings. The maximum absolute atomic E-state index is 14.5. The van der Waals surface area contributed by atoms with E-state index in [0.717, 1.165) is 5.56 Å². The van der Waals surface area contributed by atoms with Crippen molar-refractivity contribution < 1.29 is 33.7 Å². The Bertz CT molecular complexity index is 2130. The summed E-state index contributed by atoms with van der Waals surface area (Å²) >= 11 is 0. The lowest BCUT2D eigenvalue weighted by molar-refractivity contribution is 0.383. The van der Waals surface area contributed by atoms with E-state index >= 15 is 0 Å². The van der Waals surface area contributed by atoms with Gasteiger partial charge in [-0.05, 0) is 61.0 Å². The Hall–Kier alpha value is -4.18. The average Bonchev–Trinajstić information content (AvgIpc) is 3.08. The van der Waals surface area contributed by atoms with Crippen LogP contribution < -0.4 is 0 Å². The molecule has 1 atom stereocenters. The number of aryl methyl sites for hydroxylation is 1. The Kier molecular flexibility index (Phi) is 9.82. The van der Waals surface area contributed by atoms with Crippen molar-refractivity contribution in [2.45, 2.75) is 32.5 Å². The quantitative estimate of drug-likeness (QED) is 0.172. The highest BCUT2D eigenvalue weighted by atomic mass is 32.3.